The van der Waals surface area contributed by atoms with Crippen molar-refractivity contribution in [2.24, 2.45) is 0 Å². The highest BCUT2D eigenvalue weighted by Gasteiger charge is 2.26. The normalized spacial score (nSPS) is 18.4. The third-order valence-electron chi connectivity index (χ3n) is 5.98. The van der Waals surface area contributed by atoms with E-state index in [1.807, 2.05) is 30.0 Å². The van der Waals surface area contributed by atoms with E-state index in [0.717, 1.165) is 82.0 Å². The van der Waals surface area contributed by atoms with Crippen molar-refractivity contribution >= 4 is 23.2 Å². The predicted octanol–water partition coefficient (Wildman–Crippen LogP) is 3.58. The van der Waals surface area contributed by atoms with Crippen molar-refractivity contribution in [2.75, 3.05) is 56.0 Å². The Morgan fingerprint density at radius 1 is 0.931 bits per heavy atom. The minimum absolute atomic E-state index is 0.00191. The van der Waals surface area contributed by atoms with E-state index in [1.54, 1.807) is 0 Å². The minimum Gasteiger partial charge on any atom is -0.371 e. The molecule has 2 aliphatic heterocycles. The SMILES string of the molecule is CCCN1CCN(C(=O)c2ccc(NC(=O)CC)cc2N2CCCCCC2)CC1. The number of nitrogens with one attached hydrogen (secondary N) is 1. The number of hydrogen-bond donors (Lipinski definition) is 1. The quantitative estimate of drug-likeness (QED) is 0.793. The zero-order valence-electron chi connectivity index (χ0n) is 18.1. The van der Waals surface area contributed by atoms with E-state index >= 15 is 0 Å². The maximum atomic E-state index is 13.4. The second kappa shape index (κ2) is 10.6. The van der Waals surface area contributed by atoms with E-state index in [9.17, 15) is 9.59 Å². The Bertz CT molecular complexity index is 690. The summed E-state index contributed by atoms with van der Waals surface area (Å²) in [7, 11) is 0. The van der Waals surface area contributed by atoms with E-state index in [-0.39, 0.29) is 11.8 Å². The topological polar surface area (TPSA) is 55.9 Å². The van der Waals surface area contributed by atoms with Crippen molar-refractivity contribution in [1.29, 1.82) is 0 Å². The van der Waals surface area contributed by atoms with Gasteiger partial charge in [-0.25, -0.2) is 0 Å². The van der Waals surface area contributed by atoms with Crippen molar-refractivity contribution in [3.8, 4) is 0 Å². The third-order valence-corrected chi connectivity index (χ3v) is 5.98. The second-order valence-corrected chi connectivity index (χ2v) is 8.17. The molecule has 2 fully saturated rings. The van der Waals surface area contributed by atoms with Gasteiger partial charge in [-0.05, 0) is 44.0 Å². The molecule has 29 heavy (non-hydrogen) atoms. The van der Waals surface area contributed by atoms with Crippen molar-refractivity contribution in [1.82, 2.24) is 9.80 Å². The first-order chi connectivity index (χ1) is 14.1. The lowest BCUT2D eigenvalue weighted by Gasteiger charge is -2.35. The van der Waals surface area contributed by atoms with Crippen molar-refractivity contribution in [3.05, 3.63) is 23.8 Å². The summed E-state index contributed by atoms with van der Waals surface area (Å²) in [6.45, 7) is 10.6. The first-order valence-electron chi connectivity index (χ1n) is 11.3. The molecule has 0 radical (unpaired) electrons. The fourth-order valence-electron chi connectivity index (χ4n) is 4.27. The highest BCUT2D eigenvalue weighted by Crippen LogP contribution is 2.29. The molecular weight excluding hydrogens is 364 g/mol. The number of anilines is 2. The third kappa shape index (κ3) is 5.72. The Morgan fingerprint density at radius 3 is 2.24 bits per heavy atom. The number of piperazine rings is 1. The van der Waals surface area contributed by atoms with Crippen LogP contribution in [0, 0.1) is 0 Å². The largest absolute Gasteiger partial charge is 0.371 e. The highest BCUT2D eigenvalue weighted by molar-refractivity contribution is 6.01. The average Bonchev–Trinajstić information content (AvgIpc) is 3.03. The molecular formula is C23H36N4O2. The molecule has 0 spiro atoms. The van der Waals surface area contributed by atoms with Crippen molar-refractivity contribution < 1.29 is 9.59 Å². The molecule has 0 unspecified atom stereocenters. The minimum atomic E-state index is -0.00191. The first-order valence-corrected chi connectivity index (χ1v) is 11.3. The van der Waals surface area contributed by atoms with Crippen LogP contribution in [-0.4, -0.2) is 67.4 Å². The molecule has 1 N–H and O–H groups in total. The lowest BCUT2D eigenvalue weighted by Crippen LogP contribution is -2.49. The van der Waals surface area contributed by atoms with E-state index in [1.165, 1.54) is 12.8 Å². The molecule has 0 atom stereocenters. The van der Waals surface area contributed by atoms with Gasteiger partial charge in [0, 0.05) is 51.4 Å². The van der Waals surface area contributed by atoms with Crippen LogP contribution in [0.2, 0.25) is 0 Å². The van der Waals surface area contributed by atoms with Gasteiger partial charge in [0.2, 0.25) is 5.91 Å². The first kappa shape index (κ1) is 21.6. The van der Waals surface area contributed by atoms with Crippen molar-refractivity contribution in [3.63, 3.8) is 0 Å². The Labute approximate surface area is 175 Å². The predicted molar refractivity (Wildman–Crippen MR) is 119 cm³/mol. The van der Waals surface area contributed by atoms with E-state index in [0.29, 0.717) is 6.42 Å². The van der Waals surface area contributed by atoms with Crippen LogP contribution >= 0.6 is 0 Å². The average molecular weight is 401 g/mol. The molecule has 0 aromatic heterocycles. The molecule has 1 aromatic carbocycles. The fourth-order valence-corrected chi connectivity index (χ4v) is 4.27. The Morgan fingerprint density at radius 2 is 1.62 bits per heavy atom. The molecule has 1 aromatic rings. The molecule has 2 amide bonds. The monoisotopic (exact) mass is 400 g/mol. The lowest BCUT2D eigenvalue weighted by molar-refractivity contribution is -0.115. The molecule has 6 nitrogen and oxygen atoms in total. The second-order valence-electron chi connectivity index (χ2n) is 8.17. The number of nitrogens with zero attached hydrogens (tertiary/aromatic N) is 3. The van der Waals surface area contributed by atoms with Crippen LogP contribution in [0.4, 0.5) is 11.4 Å². The van der Waals surface area contributed by atoms with Gasteiger partial charge >= 0.3 is 0 Å². The summed E-state index contributed by atoms with van der Waals surface area (Å²) in [4.78, 5) is 32.0. The maximum absolute atomic E-state index is 13.4. The van der Waals surface area contributed by atoms with Crippen LogP contribution < -0.4 is 10.2 Å². The lowest BCUT2D eigenvalue weighted by atomic mass is 10.1. The zero-order valence-corrected chi connectivity index (χ0v) is 18.1. The summed E-state index contributed by atoms with van der Waals surface area (Å²) in [6.07, 6.45) is 6.38. The molecule has 0 bridgehead atoms. The highest BCUT2D eigenvalue weighted by atomic mass is 16.2. The molecule has 0 saturated carbocycles. The summed E-state index contributed by atoms with van der Waals surface area (Å²) in [5.74, 6) is 0.117. The molecule has 160 valence electrons. The van der Waals surface area contributed by atoms with Gasteiger partial charge in [-0.2, -0.15) is 0 Å². The number of hydrogen-bond acceptors (Lipinski definition) is 4. The van der Waals surface area contributed by atoms with Gasteiger partial charge < -0.3 is 15.1 Å². The summed E-state index contributed by atoms with van der Waals surface area (Å²) in [5.41, 5.74) is 2.52. The summed E-state index contributed by atoms with van der Waals surface area (Å²) >= 11 is 0. The number of carbonyl (C=O) groups excluding carboxylic acids is 2. The standard InChI is InChI=1S/C23H36N4O2/c1-3-11-25-14-16-27(17-15-25)23(29)20-10-9-19(24-22(28)4-2)18-21(20)26-12-7-5-6-8-13-26/h9-10,18H,3-8,11-17H2,1-2H3,(H,24,28). The molecule has 2 heterocycles. The van der Waals surface area contributed by atoms with Crippen LogP contribution in [-0.2, 0) is 4.79 Å². The number of amides is 2. The molecule has 3 rings (SSSR count). The van der Waals surface area contributed by atoms with Gasteiger partial charge in [-0.15, -0.1) is 0 Å². The molecule has 2 aliphatic rings. The van der Waals surface area contributed by atoms with Gasteiger partial charge in [-0.1, -0.05) is 26.7 Å². The van der Waals surface area contributed by atoms with Crippen molar-refractivity contribution in [2.45, 2.75) is 52.4 Å². The molecule has 0 aliphatic carbocycles. The fraction of sp³-hybridized carbons (Fsp3) is 0.652. The van der Waals surface area contributed by atoms with Crippen LogP contribution in [0.1, 0.15) is 62.7 Å². The smallest absolute Gasteiger partial charge is 0.256 e. The van der Waals surface area contributed by atoms with Crippen LogP contribution in [0.15, 0.2) is 18.2 Å². The van der Waals surface area contributed by atoms with Gasteiger partial charge in [0.15, 0.2) is 0 Å². The van der Waals surface area contributed by atoms with Gasteiger partial charge in [0.05, 0.1) is 11.3 Å². The Balaban J connectivity index is 1.82. The number of carbonyl (C=O) groups is 2. The van der Waals surface area contributed by atoms with Gasteiger partial charge in [-0.3, -0.25) is 14.5 Å². The van der Waals surface area contributed by atoms with E-state index < -0.39 is 0 Å². The number of rotatable bonds is 6. The summed E-state index contributed by atoms with van der Waals surface area (Å²) < 4.78 is 0. The summed E-state index contributed by atoms with van der Waals surface area (Å²) in [6, 6.07) is 5.78. The maximum Gasteiger partial charge on any atom is 0.256 e. The van der Waals surface area contributed by atoms with E-state index in [2.05, 4.69) is 22.0 Å². The molecule has 6 heteroatoms. The van der Waals surface area contributed by atoms with Crippen LogP contribution in [0.5, 0.6) is 0 Å². The molecule has 2 saturated heterocycles. The Hall–Kier alpha value is -2.08. The van der Waals surface area contributed by atoms with Gasteiger partial charge in [0.1, 0.15) is 0 Å². The van der Waals surface area contributed by atoms with E-state index in [4.69, 9.17) is 0 Å². The number of benzene rings is 1. The Kier molecular flexibility index (Phi) is 7.92. The van der Waals surface area contributed by atoms with Crippen LogP contribution in [0.3, 0.4) is 0 Å². The zero-order chi connectivity index (χ0) is 20.6. The summed E-state index contributed by atoms with van der Waals surface area (Å²) in [5, 5.41) is 2.96. The van der Waals surface area contributed by atoms with Crippen LogP contribution in [0.25, 0.3) is 0 Å². The van der Waals surface area contributed by atoms with Gasteiger partial charge in [0.25, 0.3) is 5.91 Å².